The smallest absolute Gasteiger partial charge is 0.253 e. The maximum Gasteiger partial charge on any atom is 0.253 e. The van der Waals surface area contributed by atoms with Crippen molar-refractivity contribution >= 4 is 40.4 Å². The van der Waals surface area contributed by atoms with Crippen LogP contribution in [0.1, 0.15) is 24.2 Å². The van der Waals surface area contributed by atoms with Crippen LogP contribution in [0.4, 0.5) is 0 Å². The van der Waals surface area contributed by atoms with Crippen molar-refractivity contribution in [1.82, 2.24) is 5.32 Å². The molecule has 0 unspecified atom stereocenters. The minimum absolute atomic E-state index is 0.378. The molecule has 0 saturated carbocycles. The highest BCUT2D eigenvalue weighted by Crippen LogP contribution is 2.20. The van der Waals surface area contributed by atoms with E-state index in [1.807, 2.05) is 0 Å². The monoisotopic (exact) mass is 316 g/mol. The lowest BCUT2D eigenvalue weighted by Gasteiger charge is -2.22. The van der Waals surface area contributed by atoms with Crippen LogP contribution in [-0.4, -0.2) is 17.4 Å². The zero-order valence-corrected chi connectivity index (χ0v) is 11.9. The van der Waals surface area contributed by atoms with Crippen LogP contribution in [0.2, 0.25) is 0 Å². The largest absolute Gasteiger partial charge is 0.368 e. The number of thiol groups is 1. The van der Waals surface area contributed by atoms with E-state index < -0.39 is 11.4 Å². The van der Waals surface area contributed by atoms with Crippen LogP contribution in [0.5, 0.6) is 0 Å². The quantitative estimate of drug-likeness (QED) is 0.743. The van der Waals surface area contributed by atoms with E-state index in [4.69, 9.17) is 5.73 Å². The van der Waals surface area contributed by atoms with Crippen LogP contribution in [0.25, 0.3) is 0 Å². The van der Waals surface area contributed by atoms with Crippen molar-refractivity contribution in [3.8, 4) is 0 Å². The number of primary amides is 1. The fourth-order valence-electron chi connectivity index (χ4n) is 1.10. The zero-order chi connectivity index (χ0) is 13.2. The molecule has 0 atom stereocenters. The Morgan fingerprint density at radius 3 is 2.53 bits per heavy atom. The van der Waals surface area contributed by atoms with Gasteiger partial charge in [0.25, 0.3) is 5.91 Å². The van der Waals surface area contributed by atoms with Gasteiger partial charge in [-0.2, -0.15) is 0 Å². The molecule has 0 aromatic heterocycles. The third-order valence-electron chi connectivity index (χ3n) is 2.24. The molecule has 0 fully saturated rings. The summed E-state index contributed by atoms with van der Waals surface area (Å²) in [7, 11) is 0. The predicted octanol–water partition coefficient (Wildman–Crippen LogP) is 1.73. The van der Waals surface area contributed by atoms with E-state index in [0.717, 1.165) is 0 Å². The lowest BCUT2D eigenvalue weighted by atomic mass is 10.0. The summed E-state index contributed by atoms with van der Waals surface area (Å²) < 4.78 is 0.632. The van der Waals surface area contributed by atoms with Crippen LogP contribution in [0, 0.1) is 0 Å². The van der Waals surface area contributed by atoms with Crippen molar-refractivity contribution in [2.75, 3.05) is 0 Å². The number of hydrogen-bond donors (Lipinski definition) is 3. The Kier molecular flexibility index (Phi) is 4.21. The molecule has 3 N–H and O–H groups in total. The van der Waals surface area contributed by atoms with Gasteiger partial charge in [-0.15, -0.1) is 12.6 Å². The average Bonchev–Trinajstić information content (AvgIpc) is 2.20. The van der Waals surface area contributed by atoms with Gasteiger partial charge in [-0.1, -0.05) is 0 Å². The van der Waals surface area contributed by atoms with Crippen molar-refractivity contribution in [3.63, 3.8) is 0 Å². The third-order valence-corrected chi connectivity index (χ3v) is 3.21. The van der Waals surface area contributed by atoms with Gasteiger partial charge >= 0.3 is 0 Å². The molecule has 0 saturated heterocycles. The maximum absolute atomic E-state index is 12.0. The number of carbonyl (C=O) groups is 2. The van der Waals surface area contributed by atoms with Crippen molar-refractivity contribution < 1.29 is 9.59 Å². The van der Waals surface area contributed by atoms with Crippen LogP contribution in [0.3, 0.4) is 0 Å². The summed E-state index contributed by atoms with van der Waals surface area (Å²) in [5.41, 5.74) is 4.50. The summed E-state index contributed by atoms with van der Waals surface area (Å²) in [6, 6.07) is 5.08. The molecule has 17 heavy (non-hydrogen) atoms. The predicted molar refractivity (Wildman–Crippen MR) is 72.1 cm³/mol. The van der Waals surface area contributed by atoms with Gasteiger partial charge < -0.3 is 11.1 Å². The van der Waals surface area contributed by atoms with Crippen LogP contribution in [0.15, 0.2) is 27.6 Å². The molecule has 0 aliphatic carbocycles. The van der Waals surface area contributed by atoms with E-state index >= 15 is 0 Å². The summed E-state index contributed by atoms with van der Waals surface area (Å²) in [6.07, 6.45) is 0. The molecular formula is C11H13BrN2O2S. The van der Waals surface area contributed by atoms with Gasteiger partial charge in [-0.25, -0.2) is 0 Å². The Labute approximate surface area is 113 Å². The first kappa shape index (κ1) is 14.1. The Balaban J connectivity index is 2.98. The minimum atomic E-state index is -1.09. The molecule has 1 aromatic rings. The number of hydrogen-bond acceptors (Lipinski definition) is 3. The second-order valence-electron chi connectivity index (χ2n) is 4.11. The first-order chi connectivity index (χ1) is 7.74. The van der Waals surface area contributed by atoms with Crippen LogP contribution < -0.4 is 11.1 Å². The van der Waals surface area contributed by atoms with Gasteiger partial charge in [0.1, 0.15) is 5.54 Å². The van der Waals surface area contributed by atoms with E-state index in [9.17, 15) is 9.59 Å². The molecule has 92 valence electrons. The number of carbonyl (C=O) groups excluding carboxylic acids is 2. The molecule has 0 aliphatic rings. The number of halogens is 1. The summed E-state index contributed by atoms with van der Waals surface area (Å²) in [4.78, 5) is 23.7. The molecule has 0 radical (unpaired) electrons. The topological polar surface area (TPSA) is 72.2 Å². The van der Waals surface area contributed by atoms with Crippen molar-refractivity contribution in [2.45, 2.75) is 24.3 Å². The second-order valence-corrected chi connectivity index (χ2v) is 5.48. The molecular weight excluding hydrogens is 304 g/mol. The van der Waals surface area contributed by atoms with Crippen molar-refractivity contribution in [3.05, 3.63) is 28.2 Å². The SMILES string of the molecule is CC(C)(NC(=O)c1cc(S)ccc1Br)C(N)=O. The van der Waals surface area contributed by atoms with Crippen molar-refractivity contribution in [1.29, 1.82) is 0 Å². The van der Waals surface area contributed by atoms with Gasteiger partial charge in [0.05, 0.1) is 5.56 Å². The normalized spacial score (nSPS) is 11.1. The molecule has 0 bridgehead atoms. The van der Waals surface area contributed by atoms with Gasteiger partial charge in [0.15, 0.2) is 0 Å². The standard InChI is InChI=1S/C11H13BrN2O2S/c1-11(2,10(13)16)14-9(15)7-5-6(17)3-4-8(7)12/h3-5,17H,1-2H3,(H2,13,16)(H,14,15). The molecule has 0 spiro atoms. The van der Waals surface area contributed by atoms with Crippen LogP contribution >= 0.6 is 28.6 Å². The molecule has 4 nitrogen and oxygen atoms in total. The van der Waals surface area contributed by atoms with Crippen LogP contribution in [-0.2, 0) is 4.79 Å². The van der Waals surface area contributed by atoms with Gasteiger partial charge in [0, 0.05) is 9.37 Å². The average molecular weight is 317 g/mol. The van der Waals surface area contributed by atoms with Crippen molar-refractivity contribution in [2.24, 2.45) is 5.73 Å². The van der Waals surface area contributed by atoms with E-state index in [1.54, 1.807) is 32.0 Å². The second kappa shape index (κ2) is 5.10. The number of rotatable bonds is 3. The fourth-order valence-corrected chi connectivity index (χ4v) is 1.73. The highest BCUT2D eigenvalue weighted by atomic mass is 79.9. The number of nitrogens with one attached hydrogen (secondary N) is 1. The summed E-state index contributed by atoms with van der Waals surface area (Å²) in [5.74, 6) is -0.972. The van der Waals surface area contributed by atoms with Gasteiger partial charge in [-0.05, 0) is 48.0 Å². The number of benzene rings is 1. The first-order valence-electron chi connectivity index (χ1n) is 4.85. The summed E-state index contributed by atoms with van der Waals surface area (Å²) in [6.45, 7) is 3.09. The Morgan fingerprint density at radius 1 is 1.41 bits per heavy atom. The highest BCUT2D eigenvalue weighted by Gasteiger charge is 2.27. The maximum atomic E-state index is 12.0. The lowest BCUT2D eigenvalue weighted by Crippen LogP contribution is -2.53. The number of nitrogens with two attached hydrogens (primary N) is 1. The molecule has 1 rings (SSSR count). The summed E-state index contributed by atoms with van der Waals surface area (Å²) in [5, 5.41) is 2.56. The molecule has 1 aromatic carbocycles. The Hall–Kier alpha value is -1.01. The minimum Gasteiger partial charge on any atom is -0.368 e. The van der Waals surface area contributed by atoms with Gasteiger partial charge in [-0.3, -0.25) is 9.59 Å². The van der Waals surface area contributed by atoms with E-state index in [2.05, 4.69) is 33.9 Å². The summed E-state index contributed by atoms with van der Waals surface area (Å²) >= 11 is 7.42. The molecule has 2 amide bonds. The lowest BCUT2D eigenvalue weighted by molar-refractivity contribution is -0.122. The number of amides is 2. The van der Waals surface area contributed by atoms with E-state index in [0.29, 0.717) is 14.9 Å². The molecule has 6 heteroatoms. The fraction of sp³-hybridized carbons (Fsp3) is 0.273. The third kappa shape index (κ3) is 3.47. The molecule has 0 heterocycles. The Bertz CT molecular complexity index is 475. The van der Waals surface area contributed by atoms with E-state index in [1.165, 1.54) is 0 Å². The molecule has 0 aliphatic heterocycles. The van der Waals surface area contributed by atoms with E-state index in [-0.39, 0.29) is 5.91 Å². The van der Waals surface area contributed by atoms with Gasteiger partial charge in [0.2, 0.25) is 5.91 Å². The zero-order valence-electron chi connectivity index (χ0n) is 9.45. The highest BCUT2D eigenvalue weighted by molar-refractivity contribution is 9.10. The first-order valence-corrected chi connectivity index (χ1v) is 6.09. The Morgan fingerprint density at radius 2 is 2.00 bits per heavy atom.